The predicted molar refractivity (Wildman–Crippen MR) is 60.0 cm³/mol. The molecule has 1 aromatic rings. The maximum atomic E-state index is 10.1. The maximum Gasteiger partial charge on any atom is 0.184 e. The van der Waals surface area contributed by atoms with Crippen molar-refractivity contribution in [2.75, 3.05) is 30.8 Å². The summed E-state index contributed by atoms with van der Waals surface area (Å²) in [7, 11) is 0. The zero-order valence-corrected chi connectivity index (χ0v) is 9.22. The Morgan fingerprint density at radius 2 is 2.33 bits per heavy atom. The number of nitrogens with zero attached hydrogens (tertiary/aromatic N) is 1. The Balaban J connectivity index is 1.86. The number of aromatic nitrogens is 1. The van der Waals surface area contributed by atoms with Crippen LogP contribution in [-0.2, 0) is 4.74 Å². The molecule has 0 aliphatic carbocycles. The van der Waals surface area contributed by atoms with E-state index in [1.807, 2.05) is 0 Å². The highest BCUT2D eigenvalue weighted by Gasteiger charge is 2.29. The summed E-state index contributed by atoms with van der Waals surface area (Å²) in [5, 5.41) is 14.7. The van der Waals surface area contributed by atoms with Crippen LogP contribution in [0.1, 0.15) is 12.8 Å². The van der Waals surface area contributed by atoms with Crippen LogP contribution < -0.4 is 11.1 Å². The fraction of sp³-hybridized carbons (Fsp3) is 0.667. The molecule has 0 aromatic carbocycles. The van der Waals surface area contributed by atoms with Crippen molar-refractivity contribution in [3.8, 4) is 0 Å². The summed E-state index contributed by atoms with van der Waals surface area (Å²) in [4.78, 5) is 4.07. The van der Waals surface area contributed by atoms with Crippen LogP contribution in [0, 0.1) is 0 Å². The summed E-state index contributed by atoms with van der Waals surface area (Å²) < 4.78 is 5.20. The lowest BCUT2D eigenvalue weighted by Gasteiger charge is -2.31. The molecule has 1 aliphatic rings. The van der Waals surface area contributed by atoms with Gasteiger partial charge in [0.15, 0.2) is 5.13 Å². The third kappa shape index (κ3) is 2.80. The number of aliphatic hydroxyl groups is 1. The minimum absolute atomic E-state index is 0.503. The highest BCUT2D eigenvalue weighted by molar-refractivity contribution is 7.19. The molecule has 84 valence electrons. The van der Waals surface area contributed by atoms with Crippen molar-refractivity contribution in [3.05, 3.63) is 6.20 Å². The molecule has 0 spiro atoms. The monoisotopic (exact) mass is 229 g/mol. The second-order valence-electron chi connectivity index (χ2n) is 3.76. The molecule has 0 atom stereocenters. The van der Waals surface area contributed by atoms with E-state index in [4.69, 9.17) is 10.5 Å². The number of rotatable bonds is 3. The van der Waals surface area contributed by atoms with Crippen LogP contribution in [0.4, 0.5) is 10.1 Å². The molecular weight excluding hydrogens is 214 g/mol. The Morgan fingerprint density at radius 1 is 1.60 bits per heavy atom. The molecule has 2 rings (SSSR count). The maximum absolute atomic E-state index is 10.1. The molecule has 15 heavy (non-hydrogen) atoms. The number of thiazole rings is 1. The Labute approximate surface area is 92.3 Å². The van der Waals surface area contributed by atoms with Gasteiger partial charge in [-0.05, 0) is 0 Å². The second-order valence-corrected chi connectivity index (χ2v) is 4.82. The third-order valence-corrected chi connectivity index (χ3v) is 3.30. The lowest BCUT2D eigenvalue weighted by atomic mass is 9.95. The largest absolute Gasteiger partial charge is 0.389 e. The quantitative estimate of drug-likeness (QED) is 0.710. The summed E-state index contributed by atoms with van der Waals surface area (Å²) >= 11 is 1.39. The van der Waals surface area contributed by atoms with E-state index in [0.29, 0.717) is 37.6 Å². The van der Waals surface area contributed by atoms with Gasteiger partial charge in [-0.15, -0.1) is 0 Å². The van der Waals surface area contributed by atoms with Gasteiger partial charge in [0.2, 0.25) is 0 Å². The summed E-state index contributed by atoms with van der Waals surface area (Å²) in [6, 6.07) is 0. The molecule has 0 radical (unpaired) electrons. The minimum Gasteiger partial charge on any atom is -0.389 e. The molecular formula is C9H15N3O2S. The average molecular weight is 229 g/mol. The topological polar surface area (TPSA) is 80.4 Å². The Bertz CT molecular complexity index is 323. The first-order valence-corrected chi connectivity index (χ1v) is 5.75. The Morgan fingerprint density at radius 3 is 2.93 bits per heavy atom. The molecule has 1 aromatic heterocycles. The van der Waals surface area contributed by atoms with Crippen LogP contribution >= 0.6 is 11.3 Å². The molecule has 4 N–H and O–H groups in total. The lowest BCUT2D eigenvalue weighted by molar-refractivity contribution is -0.0543. The van der Waals surface area contributed by atoms with Gasteiger partial charge in [0.25, 0.3) is 0 Å². The van der Waals surface area contributed by atoms with E-state index < -0.39 is 5.60 Å². The fourth-order valence-electron chi connectivity index (χ4n) is 1.54. The fourth-order valence-corrected chi connectivity index (χ4v) is 2.12. The van der Waals surface area contributed by atoms with Crippen molar-refractivity contribution in [1.29, 1.82) is 0 Å². The zero-order valence-electron chi connectivity index (χ0n) is 8.40. The molecule has 1 saturated heterocycles. The van der Waals surface area contributed by atoms with E-state index in [1.165, 1.54) is 11.3 Å². The first-order chi connectivity index (χ1) is 7.18. The van der Waals surface area contributed by atoms with E-state index >= 15 is 0 Å². The Kier molecular flexibility index (Phi) is 3.08. The highest BCUT2D eigenvalue weighted by Crippen LogP contribution is 2.24. The molecule has 5 nitrogen and oxygen atoms in total. The summed E-state index contributed by atoms with van der Waals surface area (Å²) in [5.74, 6) is 0. The number of nitrogen functional groups attached to an aromatic ring is 1. The first kappa shape index (κ1) is 10.7. The van der Waals surface area contributed by atoms with E-state index in [1.54, 1.807) is 6.20 Å². The minimum atomic E-state index is -0.668. The number of nitrogens with two attached hydrogens (primary N) is 1. The number of anilines is 2. The molecule has 1 aliphatic heterocycles. The number of nitrogens with one attached hydrogen (secondary N) is 1. The van der Waals surface area contributed by atoms with Gasteiger partial charge in [0.05, 0.1) is 11.8 Å². The smallest absolute Gasteiger partial charge is 0.184 e. The van der Waals surface area contributed by atoms with Crippen molar-refractivity contribution < 1.29 is 9.84 Å². The second kappa shape index (κ2) is 4.34. The standard InChI is InChI=1S/C9H15N3O2S/c10-7-5-11-8(15-7)12-6-9(13)1-3-14-4-2-9/h5,13H,1-4,6,10H2,(H,11,12). The molecule has 1 fully saturated rings. The molecule has 0 amide bonds. The van der Waals surface area contributed by atoms with Gasteiger partial charge < -0.3 is 20.9 Å². The van der Waals surface area contributed by atoms with Gasteiger partial charge in [0.1, 0.15) is 5.00 Å². The molecule has 6 heteroatoms. The number of hydrogen-bond acceptors (Lipinski definition) is 6. The number of hydrogen-bond donors (Lipinski definition) is 3. The normalized spacial score (nSPS) is 20.1. The van der Waals surface area contributed by atoms with Crippen LogP contribution in [-0.4, -0.2) is 35.5 Å². The summed E-state index contributed by atoms with van der Waals surface area (Å²) in [6.45, 7) is 1.75. The third-order valence-electron chi connectivity index (χ3n) is 2.52. The highest BCUT2D eigenvalue weighted by atomic mass is 32.1. The summed E-state index contributed by atoms with van der Waals surface area (Å²) in [5.41, 5.74) is 4.89. The lowest BCUT2D eigenvalue weighted by Crippen LogP contribution is -2.42. The van der Waals surface area contributed by atoms with Crippen molar-refractivity contribution in [2.24, 2.45) is 0 Å². The van der Waals surface area contributed by atoms with Gasteiger partial charge in [-0.1, -0.05) is 11.3 Å². The van der Waals surface area contributed by atoms with Gasteiger partial charge in [0, 0.05) is 32.6 Å². The molecule has 0 saturated carbocycles. The molecule has 2 heterocycles. The van der Waals surface area contributed by atoms with E-state index in [2.05, 4.69) is 10.3 Å². The van der Waals surface area contributed by atoms with E-state index in [0.717, 1.165) is 5.13 Å². The number of ether oxygens (including phenoxy) is 1. The predicted octanol–water partition coefficient (Wildman–Crippen LogP) is 0.679. The van der Waals surface area contributed by atoms with Crippen LogP contribution in [0.15, 0.2) is 6.20 Å². The van der Waals surface area contributed by atoms with Gasteiger partial charge in [-0.3, -0.25) is 0 Å². The van der Waals surface area contributed by atoms with Gasteiger partial charge >= 0.3 is 0 Å². The van der Waals surface area contributed by atoms with Crippen molar-refractivity contribution >= 4 is 21.5 Å². The van der Waals surface area contributed by atoms with Crippen LogP contribution in [0.25, 0.3) is 0 Å². The summed E-state index contributed by atoms with van der Waals surface area (Å²) in [6.07, 6.45) is 2.95. The van der Waals surface area contributed by atoms with Crippen LogP contribution in [0.3, 0.4) is 0 Å². The molecule has 0 unspecified atom stereocenters. The Hall–Kier alpha value is -0.850. The van der Waals surface area contributed by atoms with Crippen LogP contribution in [0.5, 0.6) is 0 Å². The average Bonchev–Trinajstić information content (AvgIpc) is 2.63. The van der Waals surface area contributed by atoms with Crippen molar-refractivity contribution in [2.45, 2.75) is 18.4 Å². The SMILES string of the molecule is Nc1cnc(NCC2(O)CCOCC2)s1. The zero-order chi connectivity index (χ0) is 10.7. The first-order valence-electron chi connectivity index (χ1n) is 4.93. The van der Waals surface area contributed by atoms with Crippen molar-refractivity contribution in [3.63, 3.8) is 0 Å². The molecule has 0 bridgehead atoms. The van der Waals surface area contributed by atoms with Gasteiger partial charge in [-0.2, -0.15) is 0 Å². The van der Waals surface area contributed by atoms with Gasteiger partial charge in [-0.25, -0.2) is 4.98 Å². The van der Waals surface area contributed by atoms with E-state index in [-0.39, 0.29) is 0 Å². The van der Waals surface area contributed by atoms with E-state index in [9.17, 15) is 5.11 Å². The van der Waals surface area contributed by atoms with Crippen molar-refractivity contribution in [1.82, 2.24) is 4.98 Å². The van der Waals surface area contributed by atoms with Crippen LogP contribution in [0.2, 0.25) is 0 Å².